The van der Waals surface area contributed by atoms with Crippen LogP contribution in [0.5, 0.6) is 0 Å². The zero-order valence-corrected chi connectivity index (χ0v) is 11.9. The number of aromatic amines is 2. The quantitative estimate of drug-likeness (QED) is 0.202. The molecule has 23 heavy (non-hydrogen) atoms. The Morgan fingerprint density at radius 3 is 2.39 bits per heavy atom. The molecule has 0 bridgehead atoms. The van der Waals surface area contributed by atoms with E-state index in [2.05, 4.69) is 9.97 Å². The Morgan fingerprint density at radius 1 is 1.13 bits per heavy atom. The summed E-state index contributed by atoms with van der Waals surface area (Å²) in [7, 11) is -4.74. The molecule has 0 unspecified atom stereocenters. The number of nitrogens with one attached hydrogen (secondary N) is 2. The van der Waals surface area contributed by atoms with E-state index in [9.17, 15) is 32.7 Å². The smallest absolute Gasteiger partial charge is 0.314 e. The minimum atomic E-state index is -4.74. The molecule has 0 radical (unpaired) electrons. The van der Waals surface area contributed by atoms with Crippen molar-refractivity contribution in [2.24, 2.45) is 0 Å². The molecule has 0 amide bonds. The van der Waals surface area contributed by atoms with Gasteiger partial charge in [0.05, 0.1) is 21.3 Å². The summed E-state index contributed by atoms with van der Waals surface area (Å²) in [5.74, 6) is 0. The Morgan fingerprint density at radius 2 is 1.78 bits per heavy atom. The fourth-order valence-corrected chi connectivity index (χ4v) is 3.09. The van der Waals surface area contributed by atoms with Crippen molar-refractivity contribution in [3.05, 3.63) is 55.1 Å². The average Bonchev–Trinajstić information content (AvgIpc) is 2.46. The van der Waals surface area contributed by atoms with Crippen LogP contribution >= 0.6 is 0 Å². The molecule has 1 heterocycles. The highest BCUT2D eigenvalue weighted by Crippen LogP contribution is 2.35. The number of hydrogen-bond acceptors (Lipinski definition) is 6. The maximum Gasteiger partial charge on any atom is 0.314 e. The monoisotopic (exact) mass is 337 g/mol. The third-order valence-electron chi connectivity index (χ3n) is 3.27. The first-order chi connectivity index (χ1) is 10.7. The van der Waals surface area contributed by atoms with Gasteiger partial charge in [0.2, 0.25) is 0 Å². The predicted molar refractivity (Wildman–Crippen MR) is 79.2 cm³/mol. The van der Waals surface area contributed by atoms with Crippen LogP contribution in [-0.4, -0.2) is 27.9 Å². The zero-order chi connectivity index (χ0) is 16.9. The number of non-ortho nitro benzene ring substituents is 1. The summed E-state index contributed by atoms with van der Waals surface area (Å²) in [6, 6.07) is 4.50. The molecule has 11 heteroatoms. The number of benzene rings is 2. The number of nitrogens with zero attached hydrogens (tertiary/aromatic N) is 1. The second kappa shape index (κ2) is 4.72. The Hall–Kier alpha value is -3.05. The number of rotatable bonds is 2. The van der Waals surface area contributed by atoms with Crippen LogP contribution in [0.1, 0.15) is 0 Å². The van der Waals surface area contributed by atoms with E-state index in [4.69, 9.17) is 0 Å². The molecule has 0 spiro atoms. The minimum absolute atomic E-state index is 0.00215. The molecule has 2 aromatic carbocycles. The first kappa shape index (κ1) is 14.9. The number of fused-ring (bicyclic) bond motifs is 3. The van der Waals surface area contributed by atoms with Gasteiger partial charge in [0.25, 0.3) is 15.8 Å². The highest BCUT2D eigenvalue weighted by atomic mass is 32.2. The highest BCUT2D eigenvalue weighted by molar-refractivity contribution is 7.86. The predicted octanol–water partition coefficient (Wildman–Crippen LogP) is 0.524. The molecule has 0 atom stereocenters. The standard InChI is InChI=1S/C12H7N3O7S/c16-11-12(17)14-10-5-2-1-3-8(23(20,21)22)9(5)7(15(18)19)4-6(10)13-11/h1-4H,(H,13,16)(H,14,17)(H,20,21,22). The molecular weight excluding hydrogens is 330 g/mol. The molecule has 3 aromatic rings. The molecular formula is C12H7N3O7S. The normalized spacial score (nSPS) is 11.9. The molecule has 1 aromatic heterocycles. The molecule has 0 aliphatic carbocycles. The molecule has 0 saturated heterocycles. The second-order valence-corrected chi connectivity index (χ2v) is 6.03. The lowest BCUT2D eigenvalue weighted by molar-refractivity contribution is -0.383. The van der Waals surface area contributed by atoms with Crippen molar-refractivity contribution >= 4 is 37.6 Å². The van der Waals surface area contributed by atoms with Gasteiger partial charge in [0.15, 0.2) is 0 Å². The van der Waals surface area contributed by atoms with Crippen molar-refractivity contribution in [1.82, 2.24) is 9.97 Å². The number of nitro groups is 1. The van der Waals surface area contributed by atoms with Gasteiger partial charge in [-0.3, -0.25) is 24.3 Å². The van der Waals surface area contributed by atoms with E-state index in [0.29, 0.717) is 0 Å². The summed E-state index contributed by atoms with van der Waals surface area (Å²) in [5, 5.41) is 10.9. The molecule has 0 aliphatic heterocycles. The number of aromatic nitrogens is 2. The second-order valence-electron chi connectivity index (χ2n) is 4.64. The maximum atomic E-state index is 11.5. The maximum absolute atomic E-state index is 11.5. The van der Waals surface area contributed by atoms with Crippen LogP contribution in [0.3, 0.4) is 0 Å². The van der Waals surface area contributed by atoms with Crippen molar-refractivity contribution in [3.63, 3.8) is 0 Å². The van der Waals surface area contributed by atoms with Gasteiger partial charge < -0.3 is 9.97 Å². The van der Waals surface area contributed by atoms with Gasteiger partial charge in [-0.2, -0.15) is 8.42 Å². The van der Waals surface area contributed by atoms with Crippen LogP contribution in [0.15, 0.2) is 38.8 Å². The highest BCUT2D eigenvalue weighted by Gasteiger charge is 2.24. The van der Waals surface area contributed by atoms with E-state index in [1.54, 1.807) is 0 Å². The van der Waals surface area contributed by atoms with Crippen LogP contribution in [0.4, 0.5) is 5.69 Å². The van der Waals surface area contributed by atoms with E-state index in [1.165, 1.54) is 12.1 Å². The largest absolute Gasteiger partial charge is 0.316 e. The van der Waals surface area contributed by atoms with E-state index in [0.717, 1.165) is 12.1 Å². The summed E-state index contributed by atoms with van der Waals surface area (Å²) in [6.07, 6.45) is 0. The molecule has 0 aliphatic rings. The lowest BCUT2D eigenvalue weighted by Gasteiger charge is -2.07. The van der Waals surface area contributed by atoms with Crippen molar-refractivity contribution in [3.8, 4) is 0 Å². The number of nitro benzene ring substituents is 1. The summed E-state index contributed by atoms with van der Waals surface area (Å²) in [6.45, 7) is 0. The van der Waals surface area contributed by atoms with Gasteiger partial charge in [-0.05, 0) is 6.07 Å². The third kappa shape index (κ3) is 2.27. The molecule has 0 saturated carbocycles. The zero-order valence-electron chi connectivity index (χ0n) is 11.1. The lowest BCUT2D eigenvalue weighted by Crippen LogP contribution is -2.29. The summed E-state index contributed by atoms with van der Waals surface area (Å²) in [4.78, 5) is 37.0. The van der Waals surface area contributed by atoms with Crippen molar-refractivity contribution in [1.29, 1.82) is 0 Å². The van der Waals surface area contributed by atoms with Crippen LogP contribution in [0.2, 0.25) is 0 Å². The molecule has 3 rings (SSSR count). The summed E-state index contributed by atoms with van der Waals surface area (Å²) in [5.41, 5.74) is -2.66. The van der Waals surface area contributed by atoms with Crippen molar-refractivity contribution in [2.45, 2.75) is 4.90 Å². The third-order valence-corrected chi connectivity index (χ3v) is 4.17. The fraction of sp³-hybridized carbons (Fsp3) is 0. The SMILES string of the molecule is O=c1[nH]c2cc([N+](=O)[O-])c3c(S(=O)(=O)O)cccc3c2[nH]c1=O. The molecule has 0 fully saturated rings. The first-order valence-electron chi connectivity index (χ1n) is 6.04. The molecule has 118 valence electrons. The lowest BCUT2D eigenvalue weighted by atomic mass is 10.1. The summed E-state index contributed by atoms with van der Waals surface area (Å²) < 4.78 is 32.2. The summed E-state index contributed by atoms with van der Waals surface area (Å²) >= 11 is 0. The van der Waals surface area contributed by atoms with Crippen molar-refractivity contribution in [2.75, 3.05) is 0 Å². The Kier molecular flexibility index (Phi) is 3.05. The number of H-pyrrole nitrogens is 2. The van der Waals surface area contributed by atoms with Gasteiger partial charge in [-0.15, -0.1) is 0 Å². The van der Waals surface area contributed by atoms with Gasteiger partial charge in [0.1, 0.15) is 4.90 Å². The van der Waals surface area contributed by atoms with E-state index >= 15 is 0 Å². The Labute approximate surface area is 126 Å². The average molecular weight is 337 g/mol. The van der Waals surface area contributed by atoms with E-state index in [1.807, 2.05) is 0 Å². The van der Waals surface area contributed by atoms with Crippen LogP contribution in [0, 0.1) is 10.1 Å². The Bertz CT molecular complexity index is 1210. The van der Waals surface area contributed by atoms with Crippen LogP contribution in [-0.2, 0) is 10.1 Å². The fourth-order valence-electron chi connectivity index (χ4n) is 2.37. The van der Waals surface area contributed by atoms with E-state index < -0.39 is 36.7 Å². The Balaban J connectivity index is 2.72. The van der Waals surface area contributed by atoms with E-state index in [-0.39, 0.29) is 21.8 Å². The molecule has 10 nitrogen and oxygen atoms in total. The molecule has 3 N–H and O–H groups in total. The minimum Gasteiger partial charge on any atom is -0.316 e. The van der Waals surface area contributed by atoms with Gasteiger partial charge in [0, 0.05) is 11.5 Å². The van der Waals surface area contributed by atoms with Gasteiger partial charge >= 0.3 is 11.1 Å². The topological polar surface area (TPSA) is 163 Å². The van der Waals surface area contributed by atoms with Gasteiger partial charge in [-0.1, -0.05) is 12.1 Å². The van der Waals surface area contributed by atoms with Gasteiger partial charge in [-0.25, -0.2) is 0 Å². The van der Waals surface area contributed by atoms with Crippen LogP contribution < -0.4 is 11.1 Å². The van der Waals surface area contributed by atoms with Crippen molar-refractivity contribution < 1.29 is 17.9 Å². The first-order valence-corrected chi connectivity index (χ1v) is 7.48. The van der Waals surface area contributed by atoms with Crippen LogP contribution in [0.25, 0.3) is 21.8 Å². The number of hydrogen-bond donors (Lipinski definition) is 3.